The molecule has 0 unspecified atom stereocenters. The Morgan fingerprint density at radius 2 is 1.68 bits per heavy atom. The molecule has 0 aromatic heterocycles. The van der Waals surface area contributed by atoms with E-state index in [9.17, 15) is 19.2 Å². The van der Waals surface area contributed by atoms with E-state index in [4.69, 9.17) is 4.74 Å². The maximum Gasteiger partial charge on any atom is 0.338 e. The standard InChI is InChI=1S/C21H22N2O5/c1-14(24)19(11-16-7-4-3-5-8-16)23-20(26)13-28-21(27)17-9-6-10-18(12-17)22-15(2)25/h3-10,12,19H,11,13H2,1-2H3,(H,22,25)(H,23,26)/t19-/m1/s1. The molecule has 7 heteroatoms. The molecule has 2 amide bonds. The Morgan fingerprint density at radius 1 is 0.964 bits per heavy atom. The molecule has 0 aliphatic rings. The third-order valence-electron chi connectivity index (χ3n) is 3.86. The molecular weight excluding hydrogens is 360 g/mol. The molecule has 0 radical (unpaired) electrons. The summed E-state index contributed by atoms with van der Waals surface area (Å²) in [7, 11) is 0. The first-order valence-electron chi connectivity index (χ1n) is 8.73. The lowest BCUT2D eigenvalue weighted by atomic mass is 10.0. The van der Waals surface area contributed by atoms with Crippen LogP contribution in [0.5, 0.6) is 0 Å². The van der Waals surface area contributed by atoms with Gasteiger partial charge in [-0.1, -0.05) is 36.4 Å². The Kier molecular flexibility index (Phi) is 7.45. The van der Waals surface area contributed by atoms with Gasteiger partial charge in [0.15, 0.2) is 12.4 Å². The first kappa shape index (κ1) is 20.8. The van der Waals surface area contributed by atoms with E-state index in [1.165, 1.54) is 26.0 Å². The number of carbonyl (C=O) groups excluding carboxylic acids is 4. The van der Waals surface area contributed by atoms with Crippen molar-refractivity contribution in [2.75, 3.05) is 11.9 Å². The minimum atomic E-state index is -0.704. The van der Waals surface area contributed by atoms with Crippen molar-refractivity contribution in [1.29, 1.82) is 0 Å². The van der Waals surface area contributed by atoms with Crippen LogP contribution < -0.4 is 10.6 Å². The lowest BCUT2D eigenvalue weighted by Gasteiger charge is -2.16. The van der Waals surface area contributed by atoms with Gasteiger partial charge in [0.1, 0.15) is 0 Å². The number of ketones is 1. The molecule has 2 N–H and O–H groups in total. The Bertz CT molecular complexity index is 864. The second kappa shape index (κ2) is 10.0. The van der Waals surface area contributed by atoms with E-state index in [1.54, 1.807) is 12.1 Å². The average molecular weight is 382 g/mol. The van der Waals surface area contributed by atoms with Gasteiger partial charge in [0.05, 0.1) is 11.6 Å². The number of hydrogen-bond donors (Lipinski definition) is 2. The molecule has 0 aliphatic carbocycles. The van der Waals surface area contributed by atoms with Gasteiger partial charge < -0.3 is 15.4 Å². The van der Waals surface area contributed by atoms with Gasteiger partial charge in [-0.25, -0.2) is 4.79 Å². The zero-order valence-electron chi connectivity index (χ0n) is 15.7. The molecule has 7 nitrogen and oxygen atoms in total. The summed E-state index contributed by atoms with van der Waals surface area (Å²) in [5, 5.41) is 5.15. The molecule has 146 valence electrons. The smallest absolute Gasteiger partial charge is 0.338 e. The van der Waals surface area contributed by atoms with Crippen LogP contribution in [0.3, 0.4) is 0 Å². The third kappa shape index (κ3) is 6.68. The summed E-state index contributed by atoms with van der Waals surface area (Å²) in [6.07, 6.45) is 0.356. The summed E-state index contributed by atoms with van der Waals surface area (Å²) in [6, 6.07) is 14.8. The Labute approximate surface area is 163 Å². The zero-order chi connectivity index (χ0) is 20.5. The molecule has 0 heterocycles. The number of nitrogens with one attached hydrogen (secondary N) is 2. The number of anilines is 1. The third-order valence-corrected chi connectivity index (χ3v) is 3.86. The molecule has 0 saturated heterocycles. The zero-order valence-corrected chi connectivity index (χ0v) is 15.7. The minimum absolute atomic E-state index is 0.188. The van der Waals surface area contributed by atoms with Crippen molar-refractivity contribution in [3.05, 3.63) is 65.7 Å². The van der Waals surface area contributed by atoms with E-state index in [0.29, 0.717) is 12.1 Å². The summed E-state index contributed by atoms with van der Waals surface area (Å²) < 4.78 is 5.01. The first-order chi connectivity index (χ1) is 13.3. The molecule has 2 rings (SSSR count). The fourth-order valence-corrected chi connectivity index (χ4v) is 2.52. The largest absolute Gasteiger partial charge is 0.452 e. The van der Waals surface area contributed by atoms with Crippen molar-refractivity contribution in [3.8, 4) is 0 Å². The van der Waals surface area contributed by atoms with Crippen LogP contribution in [0.15, 0.2) is 54.6 Å². The van der Waals surface area contributed by atoms with Crippen LogP contribution in [0.1, 0.15) is 29.8 Å². The number of carbonyl (C=O) groups is 4. The lowest BCUT2D eigenvalue weighted by Crippen LogP contribution is -2.43. The monoisotopic (exact) mass is 382 g/mol. The summed E-state index contributed by atoms with van der Waals surface area (Å²) >= 11 is 0. The van der Waals surface area contributed by atoms with Crippen LogP contribution in [0.25, 0.3) is 0 Å². The van der Waals surface area contributed by atoms with Crippen molar-refractivity contribution in [1.82, 2.24) is 5.32 Å². The lowest BCUT2D eigenvalue weighted by molar-refractivity contribution is -0.128. The fraction of sp³-hybridized carbons (Fsp3) is 0.238. The molecule has 0 spiro atoms. The van der Waals surface area contributed by atoms with Gasteiger partial charge in [-0.2, -0.15) is 0 Å². The molecule has 2 aromatic carbocycles. The van der Waals surface area contributed by atoms with Gasteiger partial charge in [-0.15, -0.1) is 0 Å². The van der Waals surface area contributed by atoms with Crippen molar-refractivity contribution in [2.45, 2.75) is 26.3 Å². The van der Waals surface area contributed by atoms with Crippen molar-refractivity contribution in [3.63, 3.8) is 0 Å². The van der Waals surface area contributed by atoms with Crippen LogP contribution in [0.2, 0.25) is 0 Å². The SMILES string of the molecule is CC(=O)Nc1cccc(C(=O)OCC(=O)N[C@H](Cc2ccccc2)C(C)=O)c1. The van der Waals surface area contributed by atoms with E-state index in [0.717, 1.165) is 5.56 Å². The Hall–Kier alpha value is -3.48. The summed E-state index contributed by atoms with van der Waals surface area (Å²) in [5.74, 6) is -1.72. The summed E-state index contributed by atoms with van der Waals surface area (Å²) in [6.45, 7) is 2.24. The second-order valence-electron chi connectivity index (χ2n) is 6.26. The number of amides is 2. The number of ether oxygens (including phenoxy) is 1. The molecule has 0 aliphatic heterocycles. The molecule has 0 fully saturated rings. The molecule has 0 bridgehead atoms. The van der Waals surface area contributed by atoms with Crippen LogP contribution >= 0.6 is 0 Å². The quantitative estimate of drug-likeness (QED) is 0.681. The van der Waals surface area contributed by atoms with Gasteiger partial charge in [-0.05, 0) is 37.1 Å². The highest BCUT2D eigenvalue weighted by atomic mass is 16.5. The highest BCUT2D eigenvalue weighted by molar-refractivity contribution is 5.95. The predicted molar refractivity (Wildman–Crippen MR) is 104 cm³/mol. The number of benzene rings is 2. The molecule has 1 atom stereocenters. The van der Waals surface area contributed by atoms with Crippen LogP contribution in [0, 0.1) is 0 Å². The normalized spacial score (nSPS) is 11.2. The number of esters is 1. The predicted octanol–water partition coefficient (Wildman–Crippen LogP) is 2.12. The van der Waals surface area contributed by atoms with Gasteiger partial charge >= 0.3 is 5.97 Å². The molecule has 0 saturated carbocycles. The van der Waals surface area contributed by atoms with Gasteiger partial charge in [0, 0.05) is 12.6 Å². The average Bonchev–Trinajstić information content (AvgIpc) is 2.66. The summed E-state index contributed by atoms with van der Waals surface area (Å²) in [5.41, 5.74) is 1.56. The topological polar surface area (TPSA) is 102 Å². The molecule has 28 heavy (non-hydrogen) atoms. The van der Waals surface area contributed by atoms with E-state index < -0.39 is 24.5 Å². The van der Waals surface area contributed by atoms with Crippen LogP contribution in [-0.4, -0.2) is 36.2 Å². The van der Waals surface area contributed by atoms with Gasteiger partial charge in [-0.3, -0.25) is 14.4 Å². The fourth-order valence-electron chi connectivity index (χ4n) is 2.52. The molecule has 2 aromatic rings. The van der Waals surface area contributed by atoms with Gasteiger partial charge in [0.2, 0.25) is 5.91 Å². The van der Waals surface area contributed by atoms with E-state index >= 15 is 0 Å². The van der Waals surface area contributed by atoms with Crippen LogP contribution in [-0.2, 0) is 25.5 Å². The van der Waals surface area contributed by atoms with Crippen molar-refractivity contribution in [2.24, 2.45) is 0 Å². The van der Waals surface area contributed by atoms with Crippen molar-refractivity contribution < 1.29 is 23.9 Å². The van der Waals surface area contributed by atoms with E-state index in [-0.39, 0.29) is 17.3 Å². The summed E-state index contributed by atoms with van der Waals surface area (Å²) in [4.78, 5) is 47.1. The second-order valence-corrected chi connectivity index (χ2v) is 6.26. The van der Waals surface area contributed by atoms with Crippen molar-refractivity contribution >= 4 is 29.3 Å². The number of rotatable bonds is 8. The highest BCUT2D eigenvalue weighted by Gasteiger charge is 2.19. The van der Waals surface area contributed by atoms with Gasteiger partial charge in [0.25, 0.3) is 5.91 Å². The Morgan fingerprint density at radius 3 is 2.32 bits per heavy atom. The highest BCUT2D eigenvalue weighted by Crippen LogP contribution is 2.11. The van der Waals surface area contributed by atoms with E-state index in [1.807, 2.05) is 30.3 Å². The maximum absolute atomic E-state index is 12.1. The maximum atomic E-state index is 12.1. The minimum Gasteiger partial charge on any atom is -0.452 e. The number of Topliss-reactive ketones (excluding diaryl/α,β-unsaturated/α-hetero) is 1. The van der Waals surface area contributed by atoms with E-state index in [2.05, 4.69) is 10.6 Å². The Balaban J connectivity index is 1.90. The molecular formula is C21H22N2O5. The first-order valence-corrected chi connectivity index (χ1v) is 8.73. The van der Waals surface area contributed by atoms with Crippen LogP contribution in [0.4, 0.5) is 5.69 Å². The number of hydrogen-bond acceptors (Lipinski definition) is 5.